The van der Waals surface area contributed by atoms with Gasteiger partial charge in [-0.05, 0) is 24.3 Å². The molecule has 124 valence electrons. The fraction of sp³-hybridized carbons (Fsp3) is 0.211. The Kier molecular flexibility index (Phi) is 4.16. The Hall–Kier alpha value is -2.95. The molecule has 0 saturated carbocycles. The topological polar surface area (TPSA) is 48.0 Å². The first-order chi connectivity index (χ1) is 11.6. The van der Waals surface area contributed by atoms with E-state index in [0.717, 1.165) is 16.8 Å². The van der Waals surface area contributed by atoms with Gasteiger partial charge in [-0.3, -0.25) is 4.79 Å². The number of benzene rings is 2. The quantitative estimate of drug-likeness (QED) is 0.810. The van der Waals surface area contributed by atoms with E-state index in [0.29, 0.717) is 22.8 Å². The number of likely N-dealkylation sites (N-methyl/N-ethyl adjacent to an activating group) is 1. The third-order valence-electron chi connectivity index (χ3n) is 4.13. The summed E-state index contributed by atoms with van der Waals surface area (Å²) in [7, 11) is 6.46. The van der Waals surface area contributed by atoms with Gasteiger partial charge in [-0.25, -0.2) is 0 Å². The number of nitrogens with zero attached hydrogens (tertiary/aromatic N) is 1. The van der Waals surface area contributed by atoms with Crippen molar-refractivity contribution in [2.75, 3.05) is 33.3 Å². The molecule has 5 nitrogen and oxygen atoms in total. The van der Waals surface area contributed by atoms with E-state index in [1.165, 1.54) is 0 Å². The van der Waals surface area contributed by atoms with Crippen LogP contribution in [-0.4, -0.2) is 34.3 Å². The first-order valence-electron chi connectivity index (χ1n) is 7.50. The second-order valence-corrected chi connectivity index (χ2v) is 5.36. The number of anilines is 1. The zero-order chi connectivity index (χ0) is 17.3. The van der Waals surface area contributed by atoms with Gasteiger partial charge in [0.1, 0.15) is 0 Å². The van der Waals surface area contributed by atoms with Gasteiger partial charge in [0.05, 0.1) is 27.0 Å². The van der Waals surface area contributed by atoms with Crippen LogP contribution in [0.15, 0.2) is 36.4 Å². The van der Waals surface area contributed by atoms with Crippen LogP contribution >= 0.6 is 0 Å². The van der Waals surface area contributed by atoms with Crippen LogP contribution in [0.1, 0.15) is 11.1 Å². The van der Waals surface area contributed by atoms with Crippen molar-refractivity contribution in [2.45, 2.75) is 0 Å². The van der Waals surface area contributed by atoms with Crippen molar-refractivity contribution < 1.29 is 19.0 Å². The van der Waals surface area contributed by atoms with Crippen LogP contribution in [-0.2, 0) is 4.79 Å². The first kappa shape index (κ1) is 15.9. The highest BCUT2D eigenvalue weighted by atomic mass is 16.5. The maximum Gasteiger partial charge on any atom is 0.258 e. The lowest BCUT2D eigenvalue weighted by Crippen LogP contribution is -2.20. The molecule has 1 heterocycles. The predicted molar refractivity (Wildman–Crippen MR) is 93.8 cm³/mol. The molecule has 0 spiro atoms. The fourth-order valence-electron chi connectivity index (χ4n) is 2.93. The number of carbonyl (C=O) groups excluding carboxylic acids is 1. The standard InChI is InChI=1S/C19H19NO4/c1-20-15-8-6-5-7-13(15)14(19(20)21)11-12-9-10-16(22-2)18(24-4)17(12)23-3/h5-11H,1-4H3/b14-11+. The van der Waals surface area contributed by atoms with E-state index in [9.17, 15) is 4.79 Å². The van der Waals surface area contributed by atoms with Crippen molar-refractivity contribution in [3.63, 3.8) is 0 Å². The van der Waals surface area contributed by atoms with Gasteiger partial charge in [0.25, 0.3) is 5.91 Å². The number of fused-ring (bicyclic) bond motifs is 1. The molecule has 24 heavy (non-hydrogen) atoms. The summed E-state index contributed by atoms with van der Waals surface area (Å²) in [5.74, 6) is 1.56. The summed E-state index contributed by atoms with van der Waals surface area (Å²) in [5.41, 5.74) is 3.18. The van der Waals surface area contributed by atoms with E-state index in [1.807, 2.05) is 36.4 Å². The molecule has 0 aliphatic carbocycles. The highest BCUT2D eigenvalue weighted by Crippen LogP contribution is 2.43. The van der Waals surface area contributed by atoms with Gasteiger partial charge < -0.3 is 19.1 Å². The summed E-state index contributed by atoms with van der Waals surface area (Å²) >= 11 is 0. The Morgan fingerprint density at radius 3 is 2.29 bits per heavy atom. The number of carbonyl (C=O) groups is 1. The molecule has 1 aliphatic rings. The second-order valence-electron chi connectivity index (χ2n) is 5.36. The number of ether oxygens (including phenoxy) is 3. The Balaban J connectivity index is 2.18. The minimum absolute atomic E-state index is 0.0481. The van der Waals surface area contributed by atoms with Crippen LogP contribution in [0.25, 0.3) is 11.6 Å². The van der Waals surface area contributed by atoms with E-state index in [-0.39, 0.29) is 5.91 Å². The van der Waals surface area contributed by atoms with Gasteiger partial charge in [-0.15, -0.1) is 0 Å². The van der Waals surface area contributed by atoms with Gasteiger partial charge in [0, 0.05) is 23.7 Å². The fourth-order valence-corrected chi connectivity index (χ4v) is 2.93. The van der Waals surface area contributed by atoms with Gasteiger partial charge in [-0.1, -0.05) is 18.2 Å². The Morgan fingerprint density at radius 2 is 1.62 bits per heavy atom. The van der Waals surface area contributed by atoms with Gasteiger partial charge >= 0.3 is 0 Å². The number of rotatable bonds is 4. The molecule has 0 radical (unpaired) electrons. The lowest BCUT2D eigenvalue weighted by Gasteiger charge is -2.14. The van der Waals surface area contributed by atoms with Crippen molar-refractivity contribution in [3.05, 3.63) is 47.5 Å². The lowest BCUT2D eigenvalue weighted by atomic mass is 10.0. The van der Waals surface area contributed by atoms with Crippen LogP contribution < -0.4 is 19.1 Å². The third-order valence-corrected chi connectivity index (χ3v) is 4.13. The smallest absolute Gasteiger partial charge is 0.258 e. The van der Waals surface area contributed by atoms with Crippen LogP contribution in [0.5, 0.6) is 17.2 Å². The molecular formula is C19H19NO4. The Bertz CT molecular complexity index is 826. The molecular weight excluding hydrogens is 306 g/mol. The molecule has 0 N–H and O–H groups in total. The van der Waals surface area contributed by atoms with Gasteiger partial charge in [-0.2, -0.15) is 0 Å². The van der Waals surface area contributed by atoms with E-state index in [1.54, 1.807) is 39.3 Å². The van der Waals surface area contributed by atoms with Crippen LogP contribution in [0.4, 0.5) is 5.69 Å². The number of amides is 1. The minimum atomic E-state index is -0.0481. The molecule has 0 bridgehead atoms. The Labute approximate surface area is 141 Å². The molecule has 0 atom stereocenters. The molecule has 1 amide bonds. The molecule has 1 aliphatic heterocycles. The van der Waals surface area contributed by atoms with E-state index in [2.05, 4.69) is 0 Å². The molecule has 0 unspecified atom stereocenters. The first-order valence-corrected chi connectivity index (χ1v) is 7.50. The van der Waals surface area contributed by atoms with Crippen molar-refractivity contribution in [1.82, 2.24) is 0 Å². The number of para-hydroxylation sites is 1. The Morgan fingerprint density at radius 1 is 0.917 bits per heavy atom. The molecule has 2 aromatic carbocycles. The highest BCUT2D eigenvalue weighted by Gasteiger charge is 2.29. The second kappa shape index (κ2) is 6.28. The van der Waals surface area contributed by atoms with Crippen LogP contribution in [0.3, 0.4) is 0 Å². The SMILES string of the molecule is COc1ccc(/C=C2/C(=O)N(C)c3ccccc32)c(OC)c1OC. The average Bonchev–Trinajstić information content (AvgIpc) is 2.86. The van der Waals surface area contributed by atoms with Gasteiger partial charge in [0.15, 0.2) is 11.5 Å². The predicted octanol–water partition coefficient (Wildman–Crippen LogP) is 3.23. The highest BCUT2D eigenvalue weighted by molar-refractivity contribution is 6.35. The summed E-state index contributed by atoms with van der Waals surface area (Å²) in [6.07, 6.45) is 1.82. The average molecular weight is 325 g/mol. The number of hydrogen-bond donors (Lipinski definition) is 0. The zero-order valence-electron chi connectivity index (χ0n) is 14.1. The lowest BCUT2D eigenvalue weighted by molar-refractivity contribution is -0.112. The monoisotopic (exact) mass is 325 g/mol. The molecule has 0 saturated heterocycles. The van der Waals surface area contributed by atoms with Crippen molar-refractivity contribution in [3.8, 4) is 17.2 Å². The molecule has 0 aromatic heterocycles. The number of methoxy groups -OCH3 is 3. The molecule has 2 aromatic rings. The van der Waals surface area contributed by atoms with E-state index < -0.39 is 0 Å². The largest absolute Gasteiger partial charge is 0.493 e. The van der Waals surface area contributed by atoms with Gasteiger partial charge in [0.2, 0.25) is 5.75 Å². The maximum atomic E-state index is 12.6. The summed E-state index contributed by atoms with van der Waals surface area (Å²) in [4.78, 5) is 14.3. The van der Waals surface area contributed by atoms with Crippen molar-refractivity contribution in [1.29, 1.82) is 0 Å². The summed E-state index contributed by atoms with van der Waals surface area (Å²) in [6.45, 7) is 0. The minimum Gasteiger partial charge on any atom is -0.493 e. The van der Waals surface area contributed by atoms with Crippen molar-refractivity contribution >= 4 is 23.2 Å². The molecule has 5 heteroatoms. The summed E-state index contributed by atoms with van der Waals surface area (Å²) in [5, 5.41) is 0. The van der Waals surface area contributed by atoms with E-state index in [4.69, 9.17) is 14.2 Å². The molecule has 0 fully saturated rings. The summed E-state index contributed by atoms with van der Waals surface area (Å²) in [6, 6.07) is 11.4. The van der Waals surface area contributed by atoms with Crippen LogP contribution in [0.2, 0.25) is 0 Å². The van der Waals surface area contributed by atoms with Crippen molar-refractivity contribution in [2.24, 2.45) is 0 Å². The normalized spacial score (nSPS) is 14.8. The van der Waals surface area contributed by atoms with Crippen LogP contribution in [0, 0.1) is 0 Å². The zero-order valence-corrected chi connectivity index (χ0v) is 14.1. The number of hydrogen-bond acceptors (Lipinski definition) is 4. The summed E-state index contributed by atoms with van der Waals surface area (Å²) < 4.78 is 16.2. The molecule has 3 rings (SSSR count). The van der Waals surface area contributed by atoms with E-state index >= 15 is 0 Å². The maximum absolute atomic E-state index is 12.6. The third kappa shape index (κ3) is 2.38.